The highest BCUT2D eigenvalue weighted by Crippen LogP contribution is 2.29. The van der Waals surface area contributed by atoms with Gasteiger partial charge in [0.1, 0.15) is 5.82 Å². The third kappa shape index (κ3) is 3.61. The molecular formula is C14H20ClN3O2. The zero-order chi connectivity index (χ0) is 14.5. The molecule has 1 aliphatic carbocycles. The predicted octanol–water partition coefficient (Wildman–Crippen LogP) is 2.42. The molecule has 1 heterocycles. The summed E-state index contributed by atoms with van der Waals surface area (Å²) in [6.45, 7) is 3.85. The normalized spacial score (nSPS) is 14.2. The maximum atomic E-state index is 12.5. The van der Waals surface area contributed by atoms with Gasteiger partial charge < -0.3 is 15.0 Å². The second-order valence-corrected chi connectivity index (χ2v) is 5.21. The molecule has 110 valence electrons. The lowest BCUT2D eigenvalue weighted by atomic mass is 10.2. The average molecular weight is 298 g/mol. The molecule has 1 N–H and O–H groups in total. The number of nitrogens with one attached hydrogen (secondary N) is 1. The molecule has 0 aromatic carbocycles. The number of pyridine rings is 1. The van der Waals surface area contributed by atoms with E-state index in [1.807, 2.05) is 11.8 Å². The van der Waals surface area contributed by atoms with Crippen molar-refractivity contribution in [2.75, 3.05) is 32.1 Å². The number of rotatable bonds is 7. The molecule has 1 aromatic heterocycles. The van der Waals surface area contributed by atoms with Crippen molar-refractivity contribution < 1.29 is 9.53 Å². The van der Waals surface area contributed by atoms with Gasteiger partial charge in [-0.3, -0.25) is 4.79 Å². The van der Waals surface area contributed by atoms with E-state index in [4.69, 9.17) is 16.3 Å². The minimum atomic E-state index is -0.0259. The number of carbonyl (C=O) groups is 1. The van der Waals surface area contributed by atoms with Crippen LogP contribution in [0.2, 0.25) is 5.02 Å². The monoisotopic (exact) mass is 297 g/mol. The highest BCUT2D eigenvalue weighted by atomic mass is 35.5. The van der Waals surface area contributed by atoms with Crippen LogP contribution < -0.4 is 5.32 Å². The number of anilines is 1. The van der Waals surface area contributed by atoms with Gasteiger partial charge in [0, 0.05) is 32.4 Å². The number of ether oxygens (including phenoxy) is 1. The second kappa shape index (κ2) is 6.90. The van der Waals surface area contributed by atoms with Crippen LogP contribution in [0.5, 0.6) is 0 Å². The molecule has 2 rings (SSSR count). The summed E-state index contributed by atoms with van der Waals surface area (Å²) in [5.74, 6) is 0.586. The molecule has 0 atom stereocenters. The molecule has 0 unspecified atom stereocenters. The van der Waals surface area contributed by atoms with Crippen molar-refractivity contribution >= 4 is 23.3 Å². The van der Waals surface area contributed by atoms with Crippen LogP contribution in [0.4, 0.5) is 5.82 Å². The van der Waals surface area contributed by atoms with Crippen molar-refractivity contribution in [3.8, 4) is 0 Å². The lowest BCUT2D eigenvalue weighted by Gasteiger charge is -2.22. The number of hydrogen-bond donors (Lipinski definition) is 1. The van der Waals surface area contributed by atoms with Crippen LogP contribution in [0, 0.1) is 0 Å². The average Bonchev–Trinajstić information content (AvgIpc) is 3.26. The van der Waals surface area contributed by atoms with Crippen molar-refractivity contribution in [1.82, 2.24) is 9.88 Å². The second-order valence-electron chi connectivity index (χ2n) is 4.81. The fraction of sp³-hybridized carbons (Fsp3) is 0.571. The minimum absolute atomic E-state index is 0.0259. The van der Waals surface area contributed by atoms with E-state index >= 15 is 0 Å². The Balaban J connectivity index is 2.12. The molecular weight excluding hydrogens is 278 g/mol. The maximum Gasteiger partial charge on any atom is 0.255 e. The van der Waals surface area contributed by atoms with E-state index in [1.54, 1.807) is 19.4 Å². The minimum Gasteiger partial charge on any atom is -0.383 e. The van der Waals surface area contributed by atoms with Gasteiger partial charge >= 0.3 is 0 Å². The molecule has 1 fully saturated rings. The first-order chi connectivity index (χ1) is 9.67. The fourth-order valence-electron chi connectivity index (χ4n) is 2.04. The highest BCUT2D eigenvalue weighted by molar-refractivity contribution is 6.33. The standard InChI is InChI=1S/C14H20ClN3O2/c1-3-16-13-12(15)8-10(9-17-13)14(19)18(6-7-20-2)11-4-5-11/h8-9,11H,3-7H2,1-2H3,(H,16,17). The Bertz CT molecular complexity index is 477. The van der Waals surface area contributed by atoms with Crippen molar-refractivity contribution in [2.45, 2.75) is 25.8 Å². The Labute approximate surface area is 124 Å². The van der Waals surface area contributed by atoms with Gasteiger partial charge in [-0.2, -0.15) is 0 Å². The lowest BCUT2D eigenvalue weighted by molar-refractivity contribution is 0.0680. The molecule has 1 aromatic rings. The Kier molecular flexibility index (Phi) is 5.20. The Morgan fingerprint density at radius 1 is 1.60 bits per heavy atom. The van der Waals surface area contributed by atoms with Crippen LogP contribution in [-0.4, -0.2) is 48.6 Å². The molecule has 20 heavy (non-hydrogen) atoms. The number of nitrogens with zero attached hydrogens (tertiary/aromatic N) is 2. The quantitative estimate of drug-likeness (QED) is 0.840. The highest BCUT2D eigenvalue weighted by Gasteiger charge is 2.33. The number of carbonyl (C=O) groups excluding carboxylic acids is 1. The number of aromatic nitrogens is 1. The Morgan fingerprint density at radius 2 is 2.35 bits per heavy atom. The summed E-state index contributed by atoms with van der Waals surface area (Å²) >= 11 is 6.14. The number of hydrogen-bond acceptors (Lipinski definition) is 4. The molecule has 5 nitrogen and oxygen atoms in total. The largest absolute Gasteiger partial charge is 0.383 e. The molecule has 0 radical (unpaired) electrons. The number of amides is 1. The van der Waals surface area contributed by atoms with Crippen LogP contribution in [-0.2, 0) is 4.74 Å². The van der Waals surface area contributed by atoms with E-state index in [0.717, 1.165) is 19.4 Å². The van der Waals surface area contributed by atoms with Crippen LogP contribution in [0.3, 0.4) is 0 Å². The molecule has 0 saturated heterocycles. The zero-order valence-corrected chi connectivity index (χ0v) is 12.6. The summed E-state index contributed by atoms with van der Waals surface area (Å²) in [5, 5.41) is 3.53. The lowest BCUT2D eigenvalue weighted by Crippen LogP contribution is -2.35. The van der Waals surface area contributed by atoms with E-state index in [0.29, 0.717) is 35.6 Å². The van der Waals surface area contributed by atoms with Gasteiger partial charge in [0.15, 0.2) is 0 Å². The van der Waals surface area contributed by atoms with E-state index in [9.17, 15) is 4.79 Å². The summed E-state index contributed by atoms with van der Waals surface area (Å²) in [7, 11) is 1.64. The van der Waals surface area contributed by atoms with E-state index in [2.05, 4.69) is 10.3 Å². The van der Waals surface area contributed by atoms with E-state index in [1.165, 1.54) is 0 Å². The van der Waals surface area contributed by atoms with E-state index < -0.39 is 0 Å². The zero-order valence-electron chi connectivity index (χ0n) is 11.9. The fourth-order valence-corrected chi connectivity index (χ4v) is 2.28. The van der Waals surface area contributed by atoms with Gasteiger partial charge in [-0.25, -0.2) is 4.98 Å². The van der Waals surface area contributed by atoms with Gasteiger partial charge in [0.25, 0.3) is 5.91 Å². The summed E-state index contributed by atoms with van der Waals surface area (Å²) in [6, 6.07) is 2.02. The molecule has 0 spiro atoms. The molecule has 0 aliphatic heterocycles. The summed E-state index contributed by atoms with van der Waals surface area (Å²) < 4.78 is 5.07. The number of halogens is 1. The van der Waals surface area contributed by atoms with Crippen molar-refractivity contribution in [3.63, 3.8) is 0 Å². The van der Waals surface area contributed by atoms with Crippen LogP contribution in [0.15, 0.2) is 12.3 Å². The van der Waals surface area contributed by atoms with Crippen molar-refractivity contribution in [2.24, 2.45) is 0 Å². The van der Waals surface area contributed by atoms with Crippen LogP contribution in [0.25, 0.3) is 0 Å². The third-order valence-corrected chi connectivity index (χ3v) is 3.51. The number of methoxy groups -OCH3 is 1. The first-order valence-electron chi connectivity index (χ1n) is 6.86. The summed E-state index contributed by atoms with van der Waals surface area (Å²) in [6.07, 6.45) is 3.70. The first kappa shape index (κ1) is 15.1. The third-order valence-electron chi connectivity index (χ3n) is 3.22. The summed E-state index contributed by atoms with van der Waals surface area (Å²) in [5.41, 5.74) is 0.527. The first-order valence-corrected chi connectivity index (χ1v) is 7.24. The van der Waals surface area contributed by atoms with Crippen molar-refractivity contribution in [3.05, 3.63) is 22.8 Å². The predicted molar refractivity (Wildman–Crippen MR) is 79.3 cm³/mol. The molecule has 1 amide bonds. The van der Waals surface area contributed by atoms with E-state index in [-0.39, 0.29) is 5.91 Å². The maximum absolute atomic E-state index is 12.5. The van der Waals surface area contributed by atoms with Gasteiger partial charge in [0.05, 0.1) is 17.2 Å². The van der Waals surface area contributed by atoms with Gasteiger partial charge in [-0.1, -0.05) is 11.6 Å². The van der Waals surface area contributed by atoms with Crippen LogP contribution in [0.1, 0.15) is 30.1 Å². The van der Waals surface area contributed by atoms with Crippen molar-refractivity contribution in [1.29, 1.82) is 0 Å². The summed E-state index contributed by atoms with van der Waals surface area (Å²) in [4.78, 5) is 18.6. The van der Waals surface area contributed by atoms with Gasteiger partial charge in [-0.15, -0.1) is 0 Å². The smallest absolute Gasteiger partial charge is 0.255 e. The van der Waals surface area contributed by atoms with Gasteiger partial charge in [-0.05, 0) is 25.8 Å². The molecule has 1 aliphatic rings. The van der Waals surface area contributed by atoms with Gasteiger partial charge in [0.2, 0.25) is 0 Å². The topological polar surface area (TPSA) is 54.5 Å². The molecule has 1 saturated carbocycles. The molecule has 0 bridgehead atoms. The van der Waals surface area contributed by atoms with Crippen LogP contribution >= 0.6 is 11.6 Å². The Hall–Kier alpha value is -1.33. The Morgan fingerprint density at radius 3 is 2.90 bits per heavy atom. The SMILES string of the molecule is CCNc1ncc(C(=O)N(CCOC)C2CC2)cc1Cl. The molecule has 6 heteroatoms.